The molecule has 0 aliphatic carbocycles. The highest BCUT2D eigenvalue weighted by Gasteiger charge is 2.19. The first-order chi connectivity index (χ1) is 8.01. The Kier molecular flexibility index (Phi) is 6.41. The maximum atomic E-state index is 8.70. The van der Waals surface area contributed by atoms with E-state index in [9.17, 15) is 0 Å². The zero-order valence-corrected chi connectivity index (χ0v) is 11.5. The summed E-state index contributed by atoms with van der Waals surface area (Å²) in [7, 11) is 0. The second kappa shape index (κ2) is 7.31. The number of aliphatic hydroxyl groups excluding tert-OH is 1. The number of rotatable bonds is 6. The molecule has 1 aliphatic heterocycles. The van der Waals surface area contributed by atoms with Crippen LogP contribution < -0.4 is 5.32 Å². The van der Waals surface area contributed by atoms with Crippen LogP contribution in [0.1, 0.15) is 33.6 Å². The van der Waals surface area contributed by atoms with Crippen LogP contribution in [0, 0.1) is 0 Å². The van der Waals surface area contributed by atoms with E-state index in [1.54, 1.807) is 0 Å². The number of ether oxygens (including phenoxy) is 1. The number of nitrogens with zero attached hydrogens (tertiary/aromatic N) is 1. The summed E-state index contributed by atoms with van der Waals surface area (Å²) in [6, 6.07) is 0. The molecule has 0 saturated carbocycles. The minimum Gasteiger partial charge on any atom is -0.394 e. The maximum absolute atomic E-state index is 8.70. The summed E-state index contributed by atoms with van der Waals surface area (Å²) in [6.45, 7) is 11.6. The van der Waals surface area contributed by atoms with Crippen molar-refractivity contribution in [3.05, 3.63) is 0 Å². The Morgan fingerprint density at radius 3 is 2.47 bits per heavy atom. The Hall–Kier alpha value is -0.160. The third-order valence-corrected chi connectivity index (χ3v) is 3.06. The van der Waals surface area contributed by atoms with Gasteiger partial charge in [-0.25, -0.2) is 0 Å². The van der Waals surface area contributed by atoms with E-state index in [0.717, 1.165) is 39.0 Å². The van der Waals surface area contributed by atoms with Crippen LogP contribution in [0.4, 0.5) is 0 Å². The van der Waals surface area contributed by atoms with Crippen LogP contribution in [0.2, 0.25) is 0 Å². The minimum atomic E-state index is 0.135. The Balaban J connectivity index is 2.07. The fraction of sp³-hybridized carbons (Fsp3) is 1.00. The molecule has 0 spiro atoms. The number of likely N-dealkylation sites (tertiary alicyclic amines) is 1. The van der Waals surface area contributed by atoms with Crippen molar-refractivity contribution in [1.29, 1.82) is 0 Å². The van der Waals surface area contributed by atoms with Crippen molar-refractivity contribution in [2.75, 3.05) is 39.4 Å². The maximum Gasteiger partial charge on any atom is 0.0701 e. The van der Waals surface area contributed by atoms with Gasteiger partial charge in [0.15, 0.2) is 0 Å². The highest BCUT2D eigenvalue weighted by atomic mass is 16.5. The predicted molar refractivity (Wildman–Crippen MR) is 70.3 cm³/mol. The third kappa shape index (κ3) is 6.99. The molecule has 0 aromatic rings. The molecule has 0 unspecified atom stereocenters. The first-order valence-corrected chi connectivity index (χ1v) is 6.71. The fourth-order valence-corrected chi connectivity index (χ4v) is 2.11. The van der Waals surface area contributed by atoms with Crippen molar-refractivity contribution in [2.45, 2.75) is 45.3 Å². The van der Waals surface area contributed by atoms with E-state index in [2.05, 4.69) is 31.0 Å². The van der Waals surface area contributed by atoms with E-state index in [-0.39, 0.29) is 12.1 Å². The van der Waals surface area contributed by atoms with Crippen molar-refractivity contribution >= 4 is 0 Å². The lowest BCUT2D eigenvalue weighted by atomic mass is 10.1. The number of hydrogen-bond donors (Lipinski definition) is 2. The average molecular weight is 244 g/mol. The average Bonchev–Trinajstić information content (AvgIpc) is 2.26. The predicted octanol–water partition coefficient (Wildman–Crippen LogP) is 0.848. The second-order valence-electron chi connectivity index (χ2n) is 5.81. The molecule has 4 nitrogen and oxygen atoms in total. The van der Waals surface area contributed by atoms with Crippen LogP contribution in [0.25, 0.3) is 0 Å². The molecule has 102 valence electrons. The van der Waals surface area contributed by atoms with Crippen LogP contribution in [-0.2, 0) is 4.74 Å². The molecule has 0 aromatic heterocycles. The minimum absolute atomic E-state index is 0.135. The summed E-state index contributed by atoms with van der Waals surface area (Å²) >= 11 is 0. The quantitative estimate of drug-likeness (QED) is 0.727. The molecule has 2 N–H and O–H groups in total. The van der Waals surface area contributed by atoms with Gasteiger partial charge in [0.25, 0.3) is 0 Å². The molecular weight excluding hydrogens is 216 g/mol. The summed E-state index contributed by atoms with van der Waals surface area (Å²) in [5, 5.41) is 12.2. The molecule has 4 heteroatoms. The van der Waals surface area contributed by atoms with Gasteiger partial charge < -0.3 is 20.1 Å². The van der Waals surface area contributed by atoms with Gasteiger partial charge in [-0.1, -0.05) is 0 Å². The first-order valence-electron chi connectivity index (χ1n) is 6.71. The van der Waals surface area contributed by atoms with Gasteiger partial charge in [0, 0.05) is 31.7 Å². The van der Waals surface area contributed by atoms with Crippen LogP contribution in [0.15, 0.2) is 0 Å². The van der Waals surface area contributed by atoms with Crippen molar-refractivity contribution in [3.8, 4) is 0 Å². The molecule has 0 radical (unpaired) electrons. The molecule has 0 amide bonds. The summed E-state index contributed by atoms with van der Waals surface area (Å²) in [5.41, 5.74) is 0.211. The molecule has 1 heterocycles. The smallest absolute Gasteiger partial charge is 0.0701 e. The standard InChI is InChI=1S/C13H28N2O2/c1-13(2,3)14-6-9-15-7-4-12(5-8-15)17-11-10-16/h12,14,16H,4-11H2,1-3H3. The van der Waals surface area contributed by atoms with Crippen molar-refractivity contribution in [1.82, 2.24) is 10.2 Å². The van der Waals surface area contributed by atoms with Crippen LogP contribution >= 0.6 is 0 Å². The summed E-state index contributed by atoms with van der Waals surface area (Å²) in [5.74, 6) is 0. The normalized spacial score (nSPS) is 19.8. The summed E-state index contributed by atoms with van der Waals surface area (Å²) in [4.78, 5) is 2.48. The molecule has 1 saturated heterocycles. The fourth-order valence-electron chi connectivity index (χ4n) is 2.11. The molecule has 0 aromatic carbocycles. The molecule has 1 rings (SSSR count). The molecule has 0 bridgehead atoms. The Morgan fingerprint density at radius 2 is 1.94 bits per heavy atom. The van der Waals surface area contributed by atoms with E-state index in [4.69, 9.17) is 9.84 Å². The van der Waals surface area contributed by atoms with Gasteiger partial charge in [-0.15, -0.1) is 0 Å². The molecule has 1 aliphatic rings. The number of hydrogen-bond acceptors (Lipinski definition) is 4. The lowest BCUT2D eigenvalue weighted by Crippen LogP contribution is -2.44. The highest BCUT2D eigenvalue weighted by Crippen LogP contribution is 2.13. The van der Waals surface area contributed by atoms with Crippen LogP contribution in [0.5, 0.6) is 0 Å². The van der Waals surface area contributed by atoms with E-state index in [1.165, 1.54) is 0 Å². The summed E-state index contributed by atoms with van der Waals surface area (Å²) in [6.07, 6.45) is 2.54. The van der Waals surface area contributed by atoms with Crippen molar-refractivity contribution in [2.24, 2.45) is 0 Å². The molecule has 17 heavy (non-hydrogen) atoms. The number of aliphatic hydroxyl groups is 1. The van der Waals surface area contributed by atoms with Gasteiger partial charge in [-0.2, -0.15) is 0 Å². The van der Waals surface area contributed by atoms with Crippen molar-refractivity contribution in [3.63, 3.8) is 0 Å². The first kappa shape index (κ1) is 14.9. The van der Waals surface area contributed by atoms with Gasteiger partial charge in [-0.05, 0) is 33.6 Å². The van der Waals surface area contributed by atoms with Gasteiger partial charge in [0.1, 0.15) is 0 Å². The lowest BCUT2D eigenvalue weighted by molar-refractivity contribution is -0.00764. The third-order valence-electron chi connectivity index (χ3n) is 3.06. The van der Waals surface area contributed by atoms with Gasteiger partial charge in [0.2, 0.25) is 0 Å². The SMILES string of the molecule is CC(C)(C)NCCN1CCC(OCCO)CC1. The second-order valence-corrected chi connectivity index (χ2v) is 5.81. The van der Waals surface area contributed by atoms with Crippen LogP contribution in [-0.4, -0.2) is 61.0 Å². The Labute approximate surface area is 105 Å². The van der Waals surface area contributed by atoms with E-state index >= 15 is 0 Å². The Morgan fingerprint density at radius 1 is 1.29 bits per heavy atom. The molecule has 0 atom stereocenters. The van der Waals surface area contributed by atoms with E-state index in [1.807, 2.05) is 0 Å². The Bertz CT molecular complexity index is 196. The van der Waals surface area contributed by atoms with E-state index in [0.29, 0.717) is 12.7 Å². The number of piperidine rings is 1. The molecule has 1 fully saturated rings. The molecular formula is C13H28N2O2. The zero-order valence-electron chi connectivity index (χ0n) is 11.5. The lowest BCUT2D eigenvalue weighted by Gasteiger charge is -2.32. The number of nitrogens with one attached hydrogen (secondary N) is 1. The largest absolute Gasteiger partial charge is 0.394 e. The van der Waals surface area contributed by atoms with Crippen molar-refractivity contribution < 1.29 is 9.84 Å². The zero-order chi connectivity index (χ0) is 12.7. The monoisotopic (exact) mass is 244 g/mol. The highest BCUT2D eigenvalue weighted by molar-refractivity contribution is 4.75. The van der Waals surface area contributed by atoms with Gasteiger partial charge >= 0.3 is 0 Å². The topological polar surface area (TPSA) is 44.7 Å². The van der Waals surface area contributed by atoms with Gasteiger partial charge in [-0.3, -0.25) is 0 Å². The van der Waals surface area contributed by atoms with E-state index < -0.39 is 0 Å². The van der Waals surface area contributed by atoms with Crippen LogP contribution in [0.3, 0.4) is 0 Å². The summed E-state index contributed by atoms with van der Waals surface area (Å²) < 4.78 is 5.55. The van der Waals surface area contributed by atoms with Gasteiger partial charge in [0.05, 0.1) is 19.3 Å².